The number of aromatic nitrogens is 2. The van der Waals surface area contributed by atoms with Crippen LogP contribution in [0.1, 0.15) is 6.92 Å². The standard InChI is InChI=1S/C13H20N4O3/c1-3-20-13(19)10-17-12(18)8-11(9-14-17)16-6-4-15(2)5-7-16/h8-9H,3-7,10H2,1-2H3. The van der Waals surface area contributed by atoms with Crippen molar-refractivity contribution in [2.45, 2.75) is 13.5 Å². The predicted octanol–water partition coefficient (Wildman–Crippen LogP) is -0.442. The molecule has 110 valence electrons. The number of anilines is 1. The Morgan fingerprint density at radius 2 is 2.05 bits per heavy atom. The van der Waals surface area contributed by atoms with Crippen molar-refractivity contribution < 1.29 is 9.53 Å². The van der Waals surface area contributed by atoms with Gasteiger partial charge in [0.2, 0.25) is 0 Å². The number of esters is 1. The van der Waals surface area contributed by atoms with Crippen LogP contribution in [0.2, 0.25) is 0 Å². The second-order valence-electron chi connectivity index (χ2n) is 4.81. The fourth-order valence-electron chi connectivity index (χ4n) is 2.11. The van der Waals surface area contributed by atoms with Crippen LogP contribution in [-0.2, 0) is 16.1 Å². The van der Waals surface area contributed by atoms with Crippen LogP contribution < -0.4 is 10.5 Å². The highest BCUT2D eigenvalue weighted by molar-refractivity contribution is 5.69. The topological polar surface area (TPSA) is 67.7 Å². The molecule has 1 aliphatic heterocycles. The molecule has 7 nitrogen and oxygen atoms in total. The summed E-state index contributed by atoms with van der Waals surface area (Å²) >= 11 is 0. The smallest absolute Gasteiger partial charge is 0.327 e. The van der Waals surface area contributed by atoms with E-state index >= 15 is 0 Å². The van der Waals surface area contributed by atoms with Crippen LogP contribution in [0, 0.1) is 0 Å². The molecule has 0 atom stereocenters. The molecule has 1 saturated heterocycles. The van der Waals surface area contributed by atoms with Crippen LogP contribution in [-0.4, -0.2) is 60.5 Å². The van der Waals surface area contributed by atoms with E-state index in [2.05, 4.69) is 21.9 Å². The van der Waals surface area contributed by atoms with E-state index in [4.69, 9.17) is 4.74 Å². The highest BCUT2D eigenvalue weighted by Crippen LogP contribution is 2.11. The van der Waals surface area contributed by atoms with E-state index in [-0.39, 0.29) is 12.1 Å². The first kappa shape index (κ1) is 14.5. The number of carbonyl (C=O) groups is 1. The van der Waals surface area contributed by atoms with Crippen LogP contribution in [0.5, 0.6) is 0 Å². The Kier molecular flexibility index (Phi) is 4.73. The Bertz CT molecular complexity index is 521. The van der Waals surface area contributed by atoms with E-state index in [0.717, 1.165) is 36.5 Å². The van der Waals surface area contributed by atoms with E-state index in [1.807, 2.05) is 0 Å². The molecular weight excluding hydrogens is 260 g/mol. The summed E-state index contributed by atoms with van der Waals surface area (Å²) in [6.07, 6.45) is 1.63. The molecule has 1 aromatic heterocycles. The minimum absolute atomic E-state index is 0.143. The molecule has 0 spiro atoms. The highest BCUT2D eigenvalue weighted by Gasteiger charge is 2.16. The summed E-state index contributed by atoms with van der Waals surface area (Å²) < 4.78 is 5.93. The maximum absolute atomic E-state index is 11.9. The number of hydrogen-bond donors (Lipinski definition) is 0. The number of rotatable bonds is 4. The van der Waals surface area contributed by atoms with Gasteiger partial charge in [0.1, 0.15) is 6.54 Å². The molecule has 0 radical (unpaired) electrons. The number of piperazine rings is 1. The number of carbonyl (C=O) groups excluding carboxylic acids is 1. The molecule has 0 unspecified atom stereocenters. The third-order valence-corrected chi connectivity index (χ3v) is 3.31. The van der Waals surface area contributed by atoms with Crippen molar-refractivity contribution in [3.05, 3.63) is 22.6 Å². The molecule has 2 heterocycles. The second-order valence-corrected chi connectivity index (χ2v) is 4.81. The van der Waals surface area contributed by atoms with Gasteiger partial charge in [-0.25, -0.2) is 4.68 Å². The van der Waals surface area contributed by atoms with Crippen molar-refractivity contribution in [2.75, 3.05) is 44.7 Å². The third kappa shape index (κ3) is 3.57. The lowest BCUT2D eigenvalue weighted by Crippen LogP contribution is -2.45. The van der Waals surface area contributed by atoms with Gasteiger partial charge in [0.15, 0.2) is 0 Å². The van der Waals surface area contributed by atoms with Gasteiger partial charge in [0.05, 0.1) is 18.5 Å². The minimum Gasteiger partial charge on any atom is -0.465 e. The highest BCUT2D eigenvalue weighted by atomic mass is 16.5. The normalized spacial score (nSPS) is 16.2. The summed E-state index contributed by atoms with van der Waals surface area (Å²) in [7, 11) is 2.08. The molecule has 1 aliphatic rings. The average Bonchev–Trinajstić information content (AvgIpc) is 2.42. The quantitative estimate of drug-likeness (QED) is 0.697. The summed E-state index contributed by atoms with van der Waals surface area (Å²) in [5.41, 5.74) is 0.526. The second kappa shape index (κ2) is 6.51. The zero-order valence-corrected chi connectivity index (χ0v) is 11.9. The lowest BCUT2D eigenvalue weighted by atomic mass is 10.3. The first-order valence-corrected chi connectivity index (χ1v) is 6.76. The van der Waals surface area contributed by atoms with Crippen molar-refractivity contribution >= 4 is 11.7 Å². The van der Waals surface area contributed by atoms with Crippen LogP contribution in [0.3, 0.4) is 0 Å². The average molecular weight is 280 g/mol. The van der Waals surface area contributed by atoms with Gasteiger partial charge >= 0.3 is 5.97 Å². The molecule has 0 N–H and O–H groups in total. The van der Waals surface area contributed by atoms with Crippen molar-refractivity contribution in [3.8, 4) is 0 Å². The molecule has 0 bridgehead atoms. The van der Waals surface area contributed by atoms with Gasteiger partial charge in [-0.05, 0) is 14.0 Å². The summed E-state index contributed by atoms with van der Waals surface area (Å²) in [5, 5.41) is 4.04. The summed E-state index contributed by atoms with van der Waals surface area (Å²) in [4.78, 5) is 27.7. The van der Waals surface area contributed by atoms with Gasteiger partial charge in [-0.15, -0.1) is 0 Å². The van der Waals surface area contributed by atoms with Gasteiger partial charge in [-0.2, -0.15) is 5.10 Å². The number of ether oxygens (including phenoxy) is 1. The monoisotopic (exact) mass is 280 g/mol. The molecule has 0 aromatic carbocycles. The van der Waals surface area contributed by atoms with Gasteiger partial charge in [0, 0.05) is 32.2 Å². The molecule has 1 aromatic rings. The van der Waals surface area contributed by atoms with Crippen molar-refractivity contribution in [1.29, 1.82) is 0 Å². The molecule has 7 heteroatoms. The minimum atomic E-state index is -0.450. The Morgan fingerprint density at radius 3 is 2.65 bits per heavy atom. The molecule has 0 saturated carbocycles. The van der Waals surface area contributed by atoms with Crippen LogP contribution in [0.4, 0.5) is 5.69 Å². The van der Waals surface area contributed by atoms with Gasteiger partial charge in [0.25, 0.3) is 5.56 Å². The van der Waals surface area contributed by atoms with E-state index < -0.39 is 5.97 Å². The molecule has 2 rings (SSSR count). The summed E-state index contributed by atoms with van der Waals surface area (Å²) in [6, 6.07) is 1.53. The maximum Gasteiger partial charge on any atom is 0.327 e. The first-order valence-electron chi connectivity index (χ1n) is 6.76. The Balaban J connectivity index is 2.06. The Labute approximate surface area is 117 Å². The molecular formula is C13H20N4O3. The molecule has 0 amide bonds. The van der Waals surface area contributed by atoms with Crippen LogP contribution in [0.15, 0.2) is 17.1 Å². The number of hydrogen-bond acceptors (Lipinski definition) is 6. The Hall–Kier alpha value is -1.89. The Morgan fingerprint density at radius 1 is 1.35 bits per heavy atom. The maximum atomic E-state index is 11.9. The lowest BCUT2D eigenvalue weighted by Gasteiger charge is -2.33. The van der Waals surface area contributed by atoms with Gasteiger partial charge < -0.3 is 14.5 Å². The van der Waals surface area contributed by atoms with Crippen molar-refractivity contribution in [3.63, 3.8) is 0 Å². The van der Waals surface area contributed by atoms with Crippen molar-refractivity contribution in [2.24, 2.45) is 0 Å². The molecule has 20 heavy (non-hydrogen) atoms. The fraction of sp³-hybridized carbons (Fsp3) is 0.615. The summed E-state index contributed by atoms with van der Waals surface area (Å²) in [6.45, 7) is 5.56. The van der Waals surface area contributed by atoms with E-state index in [1.54, 1.807) is 13.1 Å². The lowest BCUT2D eigenvalue weighted by molar-refractivity contribution is -0.144. The van der Waals surface area contributed by atoms with Gasteiger partial charge in [-0.3, -0.25) is 9.59 Å². The predicted molar refractivity (Wildman–Crippen MR) is 74.8 cm³/mol. The zero-order chi connectivity index (χ0) is 14.5. The van der Waals surface area contributed by atoms with Crippen molar-refractivity contribution in [1.82, 2.24) is 14.7 Å². The largest absolute Gasteiger partial charge is 0.465 e. The molecule has 1 fully saturated rings. The van der Waals surface area contributed by atoms with Gasteiger partial charge in [-0.1, -0.05) is 0 Å². The third-order valence-electron chi connectivity index (χ3n) is 3.31. The van der Waals surface area contributed by atoms with E-state index in [1.165, 1.54) is 6.07 Å². The number of likely N-dealkylation sites (N-methyl/N-ethyl adjacent to an activating group) is 1. The molecule has 0 aliphatic carbocycles. The SMILES string of the molecule is CCOC(=O)Cn1ncc(N2CCN(C)CC2)cc1=O. The number of nitrogens with zero attached hydrogens (tertiary/aromatic N) is 4. The van der Waals surface area contributed by atoms with Crippen LogP contribution >= 0.6 is 0 Å². The van der Waals surface area contributed by atoms with Crippen LogP contribution in [0.25, 0.3) is 0 Å². The first-order chi connectivity index (χ1) is 9.60. The van der Waals surface area contributed by atoms with E-state index in [0.29, 0.717) is 6.61 Å². The fourth-order valence-corrected chi connectivity index (χ4v) is 2.11. The summed E-state index contributed by atoms with van der Waals surface area (Å²) in [5.74, 6) is -0.450. The van der Waals surface area contributed by atoms with E-state index in [9.17, 15) is 9.59 Å². The zero-order valence-electron chi connectivity index (χ0n) is 11.9.